The average molecular weight is 284 g/mol. The van der Waals surface area contributed by atoms with E-state index in [4.69, 9.17) is 5.26 Å². The van der Waals surface area contributed by atoms with Crippen molar-refractivity contribution in [3.8, 4) is 6.07 Å². The second-order valence-electron chi connectivity index (χ2n) is 5.22. The maximum atomic E-state index is 12.9. The lowest BCUT2D eigenvalue weighted by atomic mass is 9.96. The number of halogens is 1. The van der Waals surface area contributed by atoms with Gasteiger partial charge in [-0.25, -0.2) is 14.4 Å². The monoisotopic (exact) mass is 284 g/mol. The summed E-state index contributed by atoms with van der Waals surface area (Å²) in [4.78, 5) is 8.16. The molecule has 0 radical (unpaired) electrons. The zero-order valence-electron chi connectivity index (χ0n) is 12.0. The van der Waals surface area contributed by atoms with Crippen molar-refractivity contribution in [3.63, 3.8) is 0 Å². The molecule has 1 heterocycles. The number of nitrogens with zero attached hydrogens (tertiary/aromatic N) is 3. The van der Waals surface area contributed by atoms with Gasteiger partial charge in [0.25, 0.3) is 0 Å². The van der Waals surface area contributed by atoms with Gasteiger partial charge in [-0.3, -0.25) is 0 Å². The minimum atomic E-state index is -0.231. The highest BCUT2D eigenvalue weighted by molar-refractivity contribution is 5.35. The number of aromatic nitrogens is 2. The summed E-state index contributed by atoms with van der Waals surface area (Å²) >= 11 is 0. The first-order valence-corrected chi connectivity index (χ1v) is 6.81. The molecule has 1 N–H and O–H groups in total. The van der Waals surface area contributed by atoms with E-state index in [0.717, 1.165) is 12.0 Å². The van der Waals surface area contributed by atoms with E-state index in [-0.39, 0.29) is 11.9 Å². The maximum Gasteiger partial charge on any atom is 0.158 e. The van der Waals surface area contributed by atoms with Crippen molar-refractivity contribution in [2.24, 2.45) is 5.92 Å². The molecule has 2 aromatic rings. The van der Waals surface area contributed by atoms with Crippen LogP contribution in [0.2, 0.25) is 0 Å². The van der Waals surface area contributed by atoms with Crippen molar-refractivity contribution in [2.75, 3.05) is 5.32 Å². The van der Waals surface area contributed by atoms with Gasteiger partial charge in [0, 0.05) is 6.04 Å². The predicted octanol–water partition coefficient (Wildman–Crippen LogP) is 3.17. The van der Waals surface area contributed by atoms with Crippen LogP contribution in [0.4, 0.5) is 10.2 Å². The van der Waals surface area contributed by atoms with Gasteiger partial charge in [0.1, 0.15) is 17.7 Å². The number of benzene rings is 1. The van der Waals surface area contributed by atoms with Crippen LogP contribution in [0, 0.1) is 23.1 Å². The fourth-order valence-electron chi connectivity index (χ4n) is 1.98. The first-order valence-electron chi connectivity index (χ1n) is 6.81. The highest BCUT2D eigenvalue weighted by Gasteiger charge is 2.15. The minimum absolute atomic E-state index is 0.151. The van der Waals surface area contributed by atoms with Crippen molar-refractivity contribution in [2.45, 2.75) is 26.3 Å². The number of nitrogens with one attached hydrogen (secondary N) is 1. The molecule has 0 saturated heterocycles. The van der Waals surface area contributed by atoms with E-state index in [9.17, 15) is 4.39 Å². The topological polar surface area (TPSA) is 61.6 Å². The molecular weight excluding hydrogens is 267 g/mol. The molecule has 1 unspecified atom stereocenters. The summed E-state index contributed by atoms with van der Waals surface area (Å²) in [7, 11) is 0. The third-order valence-corrected chi connectivity index (χ3v) is 3.27. The van der Waals surface area contributed by atoms with E-state index in [1.165, 1.54) is 18.3 Å². The van der Waals surface area contributed by atoms with Gasteiger partial charge in [-0.2, -0.15) is 5.26 Å². The van der Waals surface area contributed by atoms with E-state index in [1.807, 2.05) is 6.07 Å². The molecule has 0 spiro atoms. The molecule has 0 aliphatic heterocycles. The highest BCUT2D eigenvalue weighted by Crippen LogP contribution is 2.15. The van der Waals surface area contributed by atoms with E-state index in [2.05, 4.69) is 29.1 Å². The Hall–Kier alpha value is -2.48. The van der Waals surface area contributed by atoms with Crippen LogP contribution in [0.5, 0.6) is 0 Å². The smallest absolute Gasteiger partial charge is 0.158 e. The Kier molecular flexibility index (Phi) is 4.83. The fourth-order valence-corrected chi connectivity index (χ4v) is 1.98. The molecule has 4 nitrogen and oxygen atoms in total. The van der Waals surface area contributed by atoms with Gasteiger partial charge in [0.15, 0.2) is 5.69 Å². The van der Waals surface area contributed by atoms with Crippen molar-refractivity contribution < 1.29 is 4.39 Å². The zero-order chi connectivity index (χ0) is 15.2. The lowest BCUT2D eigenvalue weighted by Crippen LogP contribution is -2.28. The van der Waals surface area contributed by atoms with Gasteiger partial charge in [0.05, 0.1) is 12.4 Å². The number of anilines is 1. The first-order chi connectivity index (χ1) is 10.1. The van der Waals surface area contributed by atoms with Crippen molar-refractivity contribution in [1.29, 1.82) is 5.26 Å². The molecule has 5 heteroatoms. The third-order valence-electron chi connectivity index (χ3n) is 3.27. The van der Waals surface area contributed by atoms with Gasteiger partial charge in [0.2, 0.25) is 0 Å². The molecule has 21 heavy (non-hydrogen) atoms. The third kappa shape index (κ3) is 4.25. The molecule has 0 aliphatic rings. The lowest BCUT2D eigenvalue weighted by molar-refractivity contribution is 0.519. The quantitative estimate of drug-likeness (QED) is 0.916. The number of rotatable bonds is 5. The maximum absolute atomic E-state index is 12.9. The van der Waals surface area contributed by atoms with E-state index in [1.54, 1.807) is 18.3 Å². The molecule has 0 fully saturated rings. The lowest BCUT2D eigenvalue weighted by Gasteiger charge is -2.23. The molecule has 2 rings (SSSR count). The van der Waals surface area contributed by atoms with Crippen LogP contribution in [0.1, 0.15) is 25.1 Å². The van der Waals surface area contributed by atoms with Crippen molar-refractivity contribution >= 4 is 5.82 Å². The van der Waals surface area contributed by atoms with Crippen LogP contribution in [0.3, 0.4) is 0 Å². The van der Waals surface area contributed by atoms with Gasteiger partial charge < -0.3 is 5.32 Å². The van der Waals surface area contributed by atoms with Gasteiger partial charge in [-0.05, 0) is 30.0 Å². The zero-order valence-corrected chi connectivity index (χ0v) is 12.0. The summed E-state index contributed by atoms with van der Waals surface area (Å²) in [6.07, 6.45) is 3.76. The standard InChI is InChI=1S/C16H17FN4/c1-11(2)15(7-12-3-5-13(17)6-4-12)21-16-10-19-14(8-18)9-20-16/h3-6,9-11,15H,7H2,1-2H3,(H,20,21). The molecule has 1 aromatic heterocycles. The van der Waals surface area contributed by atoms with Gasteiger partial charge >= 0.3 is 0 Å². The molecule has 0 aliphatic carbocycles. The highest BCUT2D eigenvalue weighted by atomic mass is 19.1. The second-order valence-corrected chi connectivity index (χ2v) is 5.22. The van der Waals surface area contributed by atoms with Crippen LogP contribution in [-0.2, 0) is 6.42 Å². The number of hydrogen-bond acceptors (Lipinski definition) is 4. The Morgan fingerprint density at radius 1 is 1.19 bits per heavy atom. The summed E-state index contributed by atoms with van der Waals surface area (Å²) in [5.74, 6) is 0.771. The van der Waals surface area contributed by atoms with Crippen LogP contribution in [-0.4, -0.2) is 16.0 Å². The van der Waals surface area contributed by atoms with Crippen molar-refractivity contribution in [3.05, 3.63) is 53.7 Å². The van der Waals surface area contributed by atoms with Crippen LogP contribution in [0.25, 0.3) is 0 Å². The molecule has 0 saturated carbocycles. The predicted molar refractivity (Wildman–Crippen MR) is 79.1 cm³/mol. The Bertz CT molecular complexity index is 614. The molecule has 0 bridgehead atoms. The van der Waals surface area contributed by atoms with Crippen LogP contribution >= 0.6 is 0 Å². The summed E-state index contributed by atoms with van der Waals surface area (Å²) in [5.41, 5.74) is 1.35. The number of hydrogen-bond donors (Lipinski definition) is 1. The van der Waals surface area contributed by atoms with Crippen molar-refractivity contribution in [1.82, 2.24) is 9.97 Å². The Balaban J connectivity index is 2.08. The summed E-state index contributed by atoms with van der Waals surface area (Å²) < 4.78 is 12.9. The molecule has 0 amide bonds. The molecular formula is C16H17FN4. The van der Waals surface area contributed by atoms with Gasteiger partial charge in [-0.15, -0.1) is 0 Å². The normalized spacial score (nSPS) is 12.0. The SMILES string of the molecule is CC(C)C(Cc1ccc(F)cc1)Nc1cnc(C#N)cn1. The van der Waals surface area contributed by atoms with E-state index >= 15 is 0 Å². The minimum Gasteiger partial charge on any atom is -0.365 e. The summed E-state index contributed by atoms with van der Waals surface area (Å²) in [6.45, 7) is 4.22. The average Bonchev–Trinajstić information content (AvgIpc) is 2.49. The van der Waals surface area contributed by atoms with Gasteiger partial charge in [-0.1, -0.05) is 26.0 Å². The fraction of sp³-hybridized carbons (Fsp3) is 0.312. The summed E-state index contributed by atoms with van der Waals surface area (Å²) in [5, 5.41) is 12.0. The van der Waals surface area contributed by atoms with E-state index in [0.29, 0.717) is 17.4 Å². The van der Waals surface area contributed by atoms with Crippen LogP contribution in [0.15, 0.2) is 36.7 Å². The Morgan fingerprint density at radius 3 is 2.43 bits per heavy atom. The first kappa shape index (κ1) is 14.9. The van der Waals surface area contributed by atoms with E-state index < -0.39 is 0 Å². The molecule has 1 aromatic carbocycles. The summed E-state index contributed by atoms with van der Waals surface area (Å²) in [6, 6.07) is 8.60. The number of nitriles is 1. The molecule has 1 atom stereocenters. The van der Waals surface area contributed by atoms with Crippen LogP contribution < -0.4 is 5.32 Å². The Labute approximate surface area is 123 Å². The largest absolute Gasteiger partial charge is 0.365 e. The Morgan fingerprint density at radius 2 is 1.90 bits per heavy atom. The molecule has 108 valence electrons. The second kappa shape index (κ2) is 6.80.